The molecule has 0 spiro atoms. The average molecular weight is 471 g/mol. The summed E-state index contributed by atoms with van der Waals surface area (Å²) in [5.74, 6) is 1.88. The summed E-state index contributed by atoms with van der Waals surface area (Å²) in [6, 6.07) is 12.3. The molecule has 1 fully saturated rings. The van der Waals surface area contributed by atoms with Gasteiger partial charge in [0.25, 0.3) is 0 Å². The number of ether oxygens (including phenoxy) is 2. The summed E-state index contributed by atoms with van der Waals surface area (Å²) < 4.78 is 12.2. The Balaban J connectivity index is 1.42. The van der Waals surface area contributed by atoms with Crippen LogP contribution in [0.4, 0.5) is 5.13 Å². The van der Waals surface area contributed by atoms with Crippen LogP contribution in [-0.2, 0) is 9.53 Å². The van der Waals surface area contributed by atoms with Crippen LogP contribution >= 0.6 is 23.1 Å². The fourth-order valence-electron chi connectivity index (χ4n) is 3.98. The molecule has 0 bridgehead atoms. The Bertz CT molecular complexity index is 1060. The van der Waals surface area contributed by atoms with Crippen LogP contribution in [0, 0.1) is 13.8 Å². The first kappa shape index (κ1) is 23.1. The number of thioether (sulfide) groups is 1. The van der Waals surface area contributed by atoms with Crippen molar-refractivity contribution in [2.24, 2.45) is 0 Å². The molecule has 2 heterocycles. The predicted molar refractivity (Wildman–Crippen MR) is 133 cm³/mol. The van der Waals surface area contributed by atoms with Crippen LogP contribution in [0.1, 0.15) is 36.8 Å². The van der Waals surface area contributed by atoms with Crippen molar-refractivity contribution < 1.29 is 14.3 Å². The van der Waals surface area contributed by atoms with Crippen LogP contribution in [0.15, 0.2) is 41.3 Å². The van der Waals surface area contributed by atoms with Gasteiger partial charge >= 0.3 is 0 Å². The van der Waals surface area contributed by atoms with Crippen LogP contribution in [0.5, 0.6) is 5.75 Å². The number of aryl methyl sites for hydroxylation is 2. The van der Waals surface area contributed by atoms with Gasteiger partial charge in [-0.3, -0.25) is 9.69 Å². The first-order chi connectivity index (χ1) is 15.5. The fourth-order valence-corrected chi connectivity index (χ4v) is 5.87. The van der Waals surface area contributed by atoms with Crippen molar-refractivity contribution in [2.75, 3.05) is 30.9 Å². The molecule has 1 unspecified atom stereocenters. The lowest BCUT2D eigenvalue weighted by molar-refractivity contribution is -0.119. The lowest BCUT2D eigenvalue weighted by Crippen LogP contribution is -2.37. The van der Waals surface area contributed by atoms with E-state index >= 15 is 0 Å². The predicted octanol–water partition coefficient (Wildman–Crippen LogP) is 6.01. The minimum atomic E-state index is 0.0995. The number of amides is 1. The first-order valence-electron chi connectivity index (χ1n) is 11.1. The quantitative estimate of drug-likeness (QED) is 0.283. The smallest absolute Gasteiger partial charge is 0.228 e. The highest BCUT2D eigenvalue weighted by molar-refractivity contribution is 7.99. The van der Waals surface area contributed by atoms with Gasteiger partial charge in [0.1, 0.15) is 5.75 Å². The average Bonchev–Trinajstić information content (AvgIpc) is 3.45. The van der Waals surface area contributed by atoms with Crippen molar-refractivity contribution in [1.82, 2.24) is 4.98 Å². The Morgan fingerprint density at radius 3 is 2.81 bits per heavy atom. The Morgan fingerprint density at radius 2 is 2.09 bits per heavy atom. The summed E-state index contributed by atoms with van der Waals surface area (Å²) in [6.45, 7) is 5.56. The van der Waals surface area contributed by atoms with Gasteiger partial charge in [0.2, 0.25) is 5.91 Å². The maximum atomic E-state index is 13.3. The van der Waals surface area contributed by atoms with Crippen molar-refractivity contribution in [2.45, 2.75) is 50.5 Å². The molecular formula is C25H30N2O3S2. The first-order valence-corrected chi connectivity index (χ1v) is 12.9. The second-order valence-electron chi connectivity index (χ2n) is 8.19. The highest BCUT2D eigenvalue weighted by Gasteiger charge is 2.26. The van der Waals surface area contributed by atoms with Crippen LogP contribution < -0.4 is 9.64 Å². The van der Waals surface area contributed by atoms with E-state index in [1.807, 2.05) is 17.0 Å². The third-order valence-electron chi connectivity index (χ3n) is 5.61. The Morgan fingerprint density at radius 1 is 1.28 bits per heavy atom. The molecule has 3 aromatic rings. The molecule has 32 heavy (non-hydrogen) atoms. The van der Waals surface area contributed by atoms with Crippen LogP contribution in [0.3, 0.4) is 0 Å². The van der Waals surface area contributed by atoms with Crippen molar-refractivity contribution in [1.29, 1.82) is 0 Å². The number of fused-ring (bicyclic) bond motifs is 1. The maximum absolute atomic E-state index is 13.3. The second kappa shape index (κ2) is 10.7. The molecule has 4 rings (SSSR count). The number of nitrogens with zero attached hydrogens (tertiary/aromatic N) is 2. The zero-order valence-electron chi connectivity index (χ0n) is 18.9. The van der Waals surface area contributed by atoms with Gasteiger partial charge in [-0.25, -0.2) is 4.98 Å². The molecule has 0 N–H and O–H groups in total. The number of anilines is 1. The molecule has 1 atom stereocenters. The van der Waals surface area contributed by atoms with Crippen LogP contribution in [-0.4, -0.2) is 43.0 Å². The molecule has 1 saturated heterocycles. The zero-order chi connectivity index (χ0) is 22.5. The van der Waals surface area contributed by atoms with Crippen molar-refractivity contribution in [3.63, 3.8) is 0 Å². The number of aromatic nitrogens is 1. The summed E-state index contributed by atoms with van der Waals surface area (Å²) in [5, 5.41) is 0.789. The van der Waals surface area contributed by atoms with E-state index in [1.54, 1.807) is 30.2 Å². The Kier molecular flexibility index (Phi) is 7.71. The van der Waals surface area contributed by atoms with Crippen molar-refractivity contribution >= 4 is 44.4 Å². The largest absolute Gasteiger partial charge is 0.497 e. The number of hydrogen-bond donors (Lipinski definition) is 0. The molecule has 1 aliphatic heterocycles. The number of rotatable bonds is 9. The van der Waals surface area contributed by atoms with E-state index in [1.165, 1.54) is 16.0 Å². The Hall–Kier alpha value is -2.09. The topological polar surface area (TPSA) is 51.7 Å². The third-order valence-corrected chi connectivity index (χ3v) is 7.94. The number of thiazole rings is 1. The number of carbonyl (C=O) groups is 1. The normalized spacial score (nSPS) is 15.9. The Labute approximate surface area is 198 Å². The lowest BCUT2D eigenvalue weighted by Gasteiger charge is -2.23. The molecular weight excluding hydrogens is 440 g/mol. The summed E-state index contributed by atoms with van der Waals surface area (Å²) in [7, 11) is 1.67. The number of hydrogen-bond acceptors (Lipinski definition) is 6. The van der Waals surface area contributed by atoms with E-state index in [4.69, 9.17) is 14.5 Å². The number of methoxy groups -OCH3 is 1. The van der Waals surface area contributed by atoms with Gasteiger partial charge in [0, 0.05) is 17.9 Å². The molecule has 0 aliphatic carbocycles. The molecule has 0 saturated carbocycles. The molecule has 0 radical (unpaired) electrons. The van der Waals surface area contributed by atoms with Crippen molar-refractivity contribution in [3.05, 3.63) is 47.5 Å². The van der Waals surface area contributed by atoms with Gasteiger partial charge in [-0.05, 0) is 80.3 Å². The third kappa shape index (κ3) is 5.63. The summed E-state index contributed by atoms with van der Waals surface area (Å²) >= 11 is 3.38. The minimum absolute atomic E-state index is 0.0995. The second-order valence-corrected chi connectivity index (χ2v) is 10.3. The molecule has 7 heteroatoms. The van der Waals surface area contributed by atoms with E-state index < -0.39 is 0 Å². The van der Waals surface area contributed by atoms with Crippen LogP contribution in [0.2, 0.25) is 0 Å². The van der Waals surface area contributed by atoms with E-state index in [9.17, 15) is 4.79 Å². The zero-order valence-corrected chi connectivity index (χ0v) is 20.6. The fraction of sp³-hybridized carbons (Fsp3) is 0.440. The molecule has 1 aromatic heterocycles. The van der Waals surface area contributed by atoms with Gasteiger partial charge in [0.05, 0.1) is 30.0 Å². The monoisotopic (exact) mass is 470 g/mol. The van der Waals surface area contributed by atoms with Gasteiger partial charge in [-0.1, -0.05) is 17.4 Å². The van der Waals surface area contributed by atoms with Crippen LogP contribution in [0.25, 0.3) is 10.2 Å². The molecule has 5 nitrogen and oxygen atoms in total. The minimum Gasteiger partial charge on any atom is -0.497 e. The molecule has 1 aliphatic rings. The van der Waals surface area contributed by atoms with Gasteiger partial charge in [-0.2, -0.15) is 0 Å². The van der Waals surface area contributed by atoms with Gasteiger partial charge in [0.15, 0.2) is 5.13 Å². The van der Waals surface area contributed by atoms with E-state index in [-0.39, 0.29) is 12.0 Å². The SMILES string of the molecule is COc1ccc(SCCCC(=O)N(CC2CCCO2)c2nc3cc(C)cc(C)c3s2)cc1. The molecule has 1 amide bonds. The highest BCUT2D eigenvalue weighted by atomic mass is 32.2. The van der Waals surface area contributed by atoms with Gasteiger partial charge in [-0.15, -0.1) is 11.8 Å². The van der Waals surface area contributed by atoms with E-state index in [2.05, 4.69) is 38.1 Å². The highest BCUT2D eigenvalue weighted by Crippen LogP contribution is 2.33. The number of carbonyl (C=O) groups excluding carboxylic acids is 1. The molecule has 170 valence electrons. The van der Waals surface area contributed by atoms with E-state index in [0.717, 1.165) is 52.7 Å². The standard InChI is InChI=1S/C25H30N2O3S2/c1-17-14-18(2)24-22(15-17)26-25(32-24)27(16-20-6-4-12-30-20)23(28)7-5-13-31-21-10-8-19(29-3)9-11-21/h8-11,14-15,20H,4-7,12-13,16H2,1-3H3. The number of benzene rings is 2. The van der Waals surface area contributed by atoms with E-state index in [0.29, 0.717) is 13.0 Å². The summed E-state index contributed by atoms with van der Waals surface area (Å²) in [6.07, 6.45) is 3.48. The van der Waals surface area contributed by atoms with Crippen molar-refractivity contribution in [3.8, 4) is 5.75 Å². The van der Waals surface area contributed by atoms with Gasteiger partial charge < -0.3 is 9.47 Å². The summed E-state index contributed by atoms with van der Waals surface area (Å²) in [5.41, 5.74) is 3.38. The summed E-state index contributed by atoms with van der Waals surface area (Å²) in [4.78, 5) is 21.2. The molecule has 2 aromatic carbocycles. The maximum Gasteiger partial charge on any atom is 0.228 e. The lowest BCUT2D eigenvalue weighted by atomic mass is 10.1.